The van der Waals surface area contributed by atoms with Crippen LogP contribution in [0.5, 0.6) is 0 Å². The Balaban J connectivity index is 2.04. The van der Waals surface area contributed by atoms with Gasteiger partial charge in [-0.3, -0.25) is 4.90 Å². The van der Waals surface area contributed by atoms with Crippen molar-refractivity contribution in [1.82, 2.24) is 15.2 Å². The van der Waals surface area contributed by atoms with Crippen LogP contribution in [0.3, 0.4) is 0 Å². The second-order valence-corrected chi connectivity index (χ2v) is 3.44. The van der Waals surface area contributed by atoms with Crippen molar-refractivity contribution in [3.63, 3.8) is 0 Å². The molecule has 1 aliphatic heterocycles. The van der Waals surface area contributed by atoms with Crippen molar-refractivity contribution in [2.75, 3.05) is 32.7 Å². The van der Waals surface area contributed by atoms with E-state index in [4.69, 9.17) is 10.2 Å². The highest BCUT2D eigenvalue weighted by molar-refractivity contribution is 4.99. The number of piperazine rings is 1. The lowest BCUT2D eigenvalue weighted by molar-refractivity contribution is 0.159. The van der Waals surface area contributed by atoms with Gasteiger partial charge in [-0.05, 0) is 0 Å². The Hall–Kier alpha value is -0.910. The first-order valence-corrected chi connectivity index (χ1v) is 4.95. The highest BCUT2D eigenvalue weighted by Crippen LogP contribution is 2.18. The van der Waals surface area contributed by atoms with Gasteiger partial charge >= 0.3 is 0 Å². The maximum Gasteiger partial charge on any atom is 0.180 e. The molecule has 5 nitrogen and oxygen atoms in total. The maximum absolute atomic E-state index is 5.74. The van der Waals surface area contributed by atoms with Crippen LogP contribution < -0.4 is 11.1 Å². The smallest absolute Gasteiger partial charge is 0.180 e. The number of nitrogens with one attached hydrogen (secondary N) is 1. The molecule has 3 N–H and O–H groups in total. The van der Waals surface area contributed by atoms with Gasteiger partial charge in [-0.1, -0.05) is 0 Å². The summed E-state index contributed by atoms with van der Waals surface area (Å²) in [4.78, 5) is 6.25. The van der Waals surface area contributed by atoms with E-state index < -0.39 is 0 Å². The van der Waals surface area contributed by atoms with Crippen LogP contribution in [-0.4, -0.2) is 42.6 Å². The van der Waals surface area contributed by atoms with Crippen molar-refractivity contribution in [2.45, 2.75) is 6.04 Å². The first kappa shape index (κ1) is 9.64. The molecule has 1 unspecified atom stereocenters. The van der Waals surface area contributed by atoms with Crippen LogP contribution >= 0.6 is 0 Å². The number of hydrogen-bond donors (Lipinski definition) is 2. The van der Waals surface area contributed by atoms with Crippen LogP contribution in [0.25, 0.3) is 0 Å². The summed E-state index contributed by atoms with van der Waals surface area (Å²) < 4.78 is 5.29. The Kier molecular flexibility index (Phi) is 3.13. The zero-order valence-electron chi connectivity index (χ0n) is 8.15. The van der Waals surface area contributed by atoms with Crippen LogP contribution in [0.15, 0.2) is 17.0 Å². The van der Waals surface area contributed by atoms with Gasteiger partial charge < -0.3 is 15.5 Å². The molecule has 1 aromatic heterocycles. The zero-order chi connectivity index (χ0) is 9.80. The lowest BCUT2D eigenvalue weighted by Crippen LogP contribution is -2.46. The largest absolute Gasteiger partial charge is 0.447 e. The van der Waals surface area contributed by atoms with E-state index in [9.17, 15) is 0 Å². The third-order valence-corrected chi connectivity index (χ3v) is 2.60. The lowest BCUT2D eigenvalue weighted by Gasteiger charge is -2.32. The number of oxazole rings is 1. The van der Waals surface area contributed by atoms with E-state index in [0.717, 1.165) is 31.9 Å². The lowest BCUT2D eigenvalue weighted by atomic mass is 10.2. The molecule has 1 aromatic rings. The summed E-state index contributed by atoms with van der Waals surface area (Å²) in [6.45, 7) is 4.65. The standard InChI is InChI=1S/C9H16N4O/c10-5-8(9-6-12-7-14-9)13-3-1-11-2-4-13/h6-8,11H,1-5,10H2. The Morgan fingerprint density at radius 2 is 2.36 bits per heavy atom. The molecule has 2 heterocycles. The minimum absolute atomic E-state index is 0.180. The molecule has 0 amide bonds. The third kappa shape index (κ3) is 1.95. The number of rotatable bonds is 3. The Morgan fingerprint density at radius 1 is 1.57 bits per heavy atom. The normalized spacial score (nSPS) is 20.9. The summed E-state index contributed by atoms with van der Waals surface area (Å²) in [5, 5.41) is 3.31. The molecular formula is C9H16N4O. The van der Waals surface area contributed by atoms with Gasteiger partial charge in [-0.25, -0.2) is 4.98 Å². The molecule has 1 atom stereocenters. The topological polar surface area (TPSA) is 67.3 Å². The average molecular weight is 196 g/mol. The van der Waals surface area contributed by atoms with E-state index in [2.05, 4.69) is 15.2 Å². The predicted octanol–water partition coefficient (Wildman–Crippen LogP) is -0.420. The highest BCUT2D eigenvalue weighted by atomic mass is 16.3. The average Bonchev–Trinajstić information content (AvgIpc) is 2.74. The van der Waals surface area contributed by atoms with Gasteiger partial charge in [0.2, 0.25) is 0 Å². The van der Waals surface area contributed by atoms with Crippen molar-refractivity contribution in [2.24, 2.45) is 5.73 Å². The quantitative estimate of drug-likeness (QED) is 0.687. The number of nitrogens with two attached hydrogens (primary N) is 1. The van der Waals surface area contributed by atoms with Crippen LogP contribution in [0.2, 0.25) is 0 Å². The van der Waals surface area contributed by atoms with E-state index in [1.54, 1.807) is 6.20 Å². The van der Waals surface area contributed by atoms with Gasteiger partial charge in [-0.15, -0.1) is 0 Å². The summed E-state index contributed by atoms with van der Waals surface area (Å²) in [6, 6.07) is 0.180. The first-order valence-electron chi connectivity index (χ1n) is 4.95. The van der Waals surface area contributed by atoms with Gasteiger partial charge in [0.15, 0.2) is 6.39 Å². The number of nitrogens with zero attached hydrogens (tertiary/aromatic N) is 2. The van der Waals surface area contributed by atoms with Crippen molar-refractivity contribution >= 4 is 0 Å². The molecule has 0 aromatic carbocycles. The summed E-state index contributed by atoms with van der Waals surface area (Å²) in [5.74, 6) is 0.870. The highest BCUT2D eigenvalue weighted by Gasteiger charge is 2.22. The van der Waals surface area contributed by atoms with Gasteiger partial charge in [0.25, 0.3) is 0 Å². The second-order valence-electron chi connectivity index (χ2n) is 3.44. The van der Waals surface area contributed by atoms with Crippen LogP contribution in [0, 0.1) is 0 Å². The molecule has 0 aliphatic carbocycles. The first-order chi connectivity index (χ1) is 6.92. The molecule has 0 saturated carbocycles. The van der Waals surface area contributed by atoms with Gasteiger partial charge in [-0.2, -0.15) is 0 Å². The predicted molar refractivity (Wildman–Crippen MR) is 52.7 cm³/mol. The molecule has 78 valence electrons. The van der Waals surface area contributed by atoms with Gasteiger partial charge in [0, 0.05) is 32.7 Å². The molecule has 0 spiro atoms. The Bertz CT molecular complexity index is 256. The van der Waals surface area contributed by atoms with Crippen LogP contribution in [0.1, 0.15) is 11.8 Å². The second kappa shape index (κ2) is 4.54. The molecule has 0 radical (unpaired) electrons. The molecular weight excluding hydrogens is 180 g/mol. The van der Waals surface area contributed by atoms with E-state index in [0.29, 0.717) is 6.54 Å². The fourth-order valence-corrected chi connectivity index (χ4v) is 1.83. The van der Waals surface area contributed by atoms with Gasteiger partial charge in [0.1, 0.15) is 5.76 Å². The SMILES string of the molecule is NCC(c1cnco1)N1CCNCC1. The Morgan fingerprint density at radius 3 is 2.93 bits per heavy atom. The van der Waals surface area contributed by atoms with Crippen molar-refractivity contribution in [1.29, 1.82) is 0 Å². The molecule has 1 aliphatic rings. The minimum Gasteiger partial charge on any atom is -0.447 e. The fraction of sp³-hybridized carbons (Fsp3) is 0.667. The minimum atomic E-state index is 0.180. The Labute approximate surface area is 83.3 Å². The van der Waals surface area contributed by atoms with E-state index >= 15 is 0 Å². The fourth-order valence-electron chi connectivity index (χ4n) is 1.83. The molecule has 14 heavy (non-hydrogen) atoms. The molecule has 5 heteroatoms. The van der Waals surface area contributed by atoms with E-state index in [1.807, 2.05) is 0 Å². The molecule has 2 rings (SSSR count). The van der Waals surface area contributed by atoms with E-state index in [1.165, 1.54) is 6.39 Å². The van der Waals surface area contributed by atoms with Crippen LogP contribution in [0.4, 0.5) is 0 Å². The van der Waals surface area contributed by atoms with Crippen molar-refractivity contribution < 1.29 is 4.42 Å². The summed E-state index contributed by atoms with van der Waals surface area (Å²) in [6.07, 6.45) is 3.21. The monoisotopic (exact) mass is 196 g/mol. The summed E-state index contributed by atoms with van der Waals surface area (Å²) in [7, 11) is 0. The third-order valence-electron chi connectivity index (χ3n) is 2.60. The zero-order valence-corrected chi connectivity index (χ0v) is 8.15. The molecule has 1 fully saturated rings. The molecule has 1 saturated heterocycles. The molecule has 0 bridgehead atoms. The number of aromatic nitrogens is 1. The van der Waals surface area contributed by atoms with Crippen molar-refractivity contribution in [3.8, 4) is 0 Å². The summed E-state index contributed by atoms with van der Waals surface area (Å²) in [5.41, 5.74) is 5.74. The number of hydrogen-bond acceptors (Lipinski definition) is 5. The van der Waals surface area contributed by atoms with Gasteiger partial charge in [0.05, 0.1) is 12.2 Å². The summed E-state index contributed by atoms with van der Waals surface area (Å²) >= 11 is 0. The van der Waals surface area contributed by atoms with Crippen molar-refractivity contribution in [3.05, 3.63) is 18.4 Å². The van der Waals surface area contributed by atoms with Crippen LogP contribution in [-0.2, 0) is 0 Å². The van der Waals surface area contributed by atoms with E-state index in [-0.39, 0.29) is 6.04 Å². The maximum atomic E-state index is 5.74.